The zero-order chi connectivity index (χ0) is 25.0. The van der Waals surface area contributed by atoms with Gasteiger partial charge in [-0.2, -0.15) is 0 Å². The molecule has 5 N–H and O–H groups in total. The summed E-state index contributed by atoms with van der Waals surface area (Å²) in [6, 6.07) is 22.3. The maximum Gasteiger partial charge on any atom is 0.319 e. The third-order valence-electron chi connectivity index (χ3n) is 4.99. The van der Waals surface area contributed by atoms with E-state index < -0.39 is 23.8 Å². The van der Waals surface area contributed by atoms with Crippen molar-refractivity contribution in [2.45, 2.75) is 19.4 Å². The van der Waals surface area contributed by atoms with E-state index in [2.05, 4.69) is 21.3 Å². The van der Waals surface area contributed by atoms with Gasteiger partial charge < -0.3 is 26.4 Å². The van der Waals surface area contributed by atoms with Crippen molar-refractivity contribution in [1.82, 2.24) is 10.6 Å². The number of amides is 4. The number of aliphatic carboxylic acids is 1. The van der Waals surface area contributed by atoms with Crippen molar-refractivity contribution in [3.8, 4) is 0 Å². The van der Waals surface area contributed by atoms with Crippen LogP contribution in [0.15, 0.2) is 78.9 Å². The lowest BCUT2D eigenvalue weighted by Crippen LogP contribution is -2.33. The van der Waals surface area contributed by atoms with Crippen molar-refractivity contribution in [3.05, 3.63) is 95.6 Å². The molecule has 0 aliphatic heterocycles. The Labute approximate surface area is 202 Å². The lowest BCUT2D eigenvalue weighted by molar-refractivity contribution is -0.137. The van der Waals surface area contributed by atoms with Crippen molar-refractivity contribution >= 4 is 35.2 Å². The van der Waals surface area contributed by atoms with E-state index in [0.717, 1.165) is 5.56 Å². The van der Waals surface area contributed by atoms with Gasteiger partial charge in [-0.1, -0.05) is 54.6 Å². The molecule has 3 aromatic rings. The summed E-state index contributed by atoms with van der Waals surface area (Å²) in [6.07, 6.45) is 0.217. The van der Waals surface area contributed by atoms with Gasteiger partial charge in [-0.3, -0.25) is 14.4 Å². The van der Waals surface area contributed by atoms with Crippen LogP contribution in [0.25, 0.3) is 0 Å². The summed E-state index contributed by atoms with van der Waals surface area (Å²) in [4.78, 5) is 47.8. The molecule has 3 aromatic carbocycles. The number of hydrogen-bond donors (Lipinski definition) is 5. The number of carbonyl (C=O) groups excluding carboxylic acids is 3. The molecule has 0 aromatic heterocycles. The summed E-state index contributed by atoms with van der Waals surface area (Å²) in [5.74, 6) is -1.85. The molecule has 0 fully saturated rings. The third kappa shape index (κ3) is 8.32. The molecular weight excluding hydrogens is 448 g/mol. The van der Waals surface area contributed by atoms with E-state index in [-0.39, 0.29) is 24.9 Å². The van der Waals surface area contributed by atoms with Crippen molar-refractivity contribution in [1.29, 1.82) is 0 Å². The Balaban J connectivity index is 1.49. The van der Waals surface area contributed by atoms with E-state index in [4.69, 9.17) is 5.11 Å². The SMILES string of the molecule is O=C(O)CCc1ccccc1NC(=O)CNC(=O)c1cccc(NC(=O)NCc2ccccc2)c1. The fourth-order valence-corrected chi connectivity index (χ4v) is 3.25. The standard InChI is InChI=1S/C26H26N4O5/c31-23(30-22-12-5-4-9-19(22)13-14-24(32)33)17-27-25(34)20-10-6-11-21(15-20)29-26(35)28-16-18-7-2-1-3-8-18/h1-12,15H,13-14,16-17H2,(H,27,34)(H,30,31)(H,32,33)(H2,28,29,35). The number of hydrogen-bond acceptors (Lipinski definition) is 4. The molecule has 0 bridgehead atoms. The lowest BCUT2D eigenvalue weighted by atomic mass is 10.1. The molecule has 4 amide bonds. The van der Waals surface area contributed by atoms with Crippen LogP contribution >= 0.6 is 0 Å². The van der Waals surface area contributed by atoms with Crippen LogP contribution in [0.2, 0.25) is 0 Å². The van der Waals surface area contributed by atoms with Gasteiger partial charge in [-0.15, -0.1) is 0 Å². The molecule has 0 atom stereocenters. The van der Waals surface area contributed by atoms with Gasteiger partial charge in [0.1, 0.15) is 0 Å². The Kier molecular flexibility index (Phi) is 8.95. The fourth-order valence-electron chi connectivity index (χ4n) is 3.25. The number of carbonyl (C=O) groups is 4. The van der Waals surface area contributed by atoms with Crippen LogP contribution in [0.1, 0.15) is 27.9 Å². The molecule has 180 valence electrons. The number of benzene rings is 3. The maximum absolute atomic E-state index is 12.5. The molecule has 0 aliphatic rings. The van der Waals surface area contributed by atoms with Gasteiger partial charge in [0.25, 0.3) is 5.91 Å². The van der Waals surface area contributed by atoms with E-state index in [1.54, 1.807) is 42.5 Å². The normalized spacial score (nSPS) is 10.2. The summed E-state index contributed by atoms with van der Waals surface area (Å²) < 4.78 is 0. The Hall–Kier alpha value is -4.66. The number of aryl methyl sites for hydroxylation is 1. The highest BCUT2D eigenvalue weighted by atomic mass is 16.4. The number of para-hydroxylation sites is 1. The second kappa shape index (κ2) is 12.5. The predicted octanol–water partition coefficient (Wildman–Crippen LogP) is 3.39. The minimum atomic E-state index is -0.927. The molecule has 0 radical (unpaired) electrons. The van der Waals surface area contributed by atoms with E-state index in [0.29, 0.717) is 23.5 Å². The Morgan fingerprint density at radius 1 is 0.771 bits per heavy atom. The van der Waals surface area contributed by atoms with Crippen LogP contribution in [0, 0.1) is 0 Å². The van der Waals surface area contributed by atoms with Crippen molar-refractivity contribution in [2.24, 2.45) is 0 Å². The van der Waals surface area contributed by atoms with Crippen LogP contribution < -0.4 is 21.3 Å². The number of urea groups is 1. The monoisotopic (exact) mass is 474 g/mol. The fraction of sp³-hybridized carbons (Fsp3) is 0.154. The van der Waals surface area contributed by atoms with Crippen molar-refractivity contribution in [3.63, 3.8) is 0 Å². The minimum Gasteiger partial charge on any atom is -0.481 e. The highest BCUT2D eigenvalue weighted by molar-refractivity contribution is 6.00. The van der Waals surface area contributed by atoms with Crippen LogP contribution in [0.3, 0.4) is 0 Å². The molecule has 0 unspecified atom stereocenters. The van der Waals surface area contributed by atoms with Crippen molar-refractivity contribution in [2.75, 3.05) is 17.2 Å². The van der Waals surface area contributed by atoms with Gasteiger partial charge in [-0.25, -0.2) is 4.79 Å². The molecule has 9 heteroatoms. The zero-order valence-corrected chi connectivity index (χ0v) is 18.9. The minimum absolute atomic E-state index is 0.0573. The van der Waals surface area contributed by atoms with E-state index in [9.17, 15) is 19.2 Å². The largest absolute Gasteiger partial charge is 0.481 e. The van der Waals surface area contributed by atoms with Gasteiger partial charge >= 0.3 is 12.0 Å². The molecule has 0 spiro atoms. The number of anilines is 2. The van der Waals surface area contributed by atoms with Gasteiger partial charge in [0, 0.05) is 29.9 Å². The van der Waals surface area contributed by atoms with Crippen LogP contribution in [0.5, 0.6) is 0 Å². The van der Waals surface area contributed by atoms with Crippen LogP contribution in [0.4, 0.5) is 16.2 Å². The summed E-state index contributed by atoms with van der Waals surface area (Å²) in [7, 11) is 0. The maximum atomic E-state index is 12.5. The Bertz CT molecular complexity index is 1200. The Morgan fingerprint density at radius 2 is 1.51 bits per heavy atom. The average molecular weight is 475 g/mol. The molecule has 35 heavy (non-hydrogen) atoms. The first kappa shape index (κ1) is 25.0. The molecular formula is C26H26N4O5. The molecule has 9 nitrogen and oxygen atoms in total. The number of nitrogens with one attached hydrogen (secondary N) is 4. The first-order valence-electron chi connectivity index (χ1n) is 11.0. The summed E-state index contributed by atoms with van der Waals surface area (Å²) in [5, 5.41) is 19.5. The summed E-state index contributed by atoms with van der Waals surface area (Å²) >= 11 is 0. The predicted molar refractivity (Wildman–Crippen MR) is 132 cm³/mol. The topological polar surface area (TPSA) is 137 Å². The molecule has 0 heterocycles. The number of carboxylic acid groups (broad SMARTS) is 1. The van der Waals surface area contributed by atoms with Gasteiger partial charge in [0.05, 0.1) is 6.54 Å². The lowest BCUT2D eigenvalue weighted by Gasteiger charge is -2.12. The van der Waals surface area contributed by atoms with Gasteiger partial charge in [0.15, 0.2) is 0 Å². The molecule has 0 saturated heterocycles. The molecule has 3 rings (SSSR count). The third-order valence-corrected chi connectivity index (χ3v) is 4.99. The van der Waals surface area contributed by atoms with Crippen LogP contribution in [-0.2, 0) is 22.6 Å². The zero-order valence-electron chi connectivity index (χ0n) is 18.9. The first-order valence-corrected chi connectivity index (χ1v) is 11.0. The Morgan fingerprint density at radius 3 is 2.29 bits per heavy atom. The molecule has 0 aliphatic carbocycles. The highest BCUT2D eigenvalue weighted by Gasteiger charge is 2.12. The van der Waals surface area contributed by atoms with E-state index in [1.165, 1.54) is 6.07 Å². The number of rotatable bonds is 10. The van der Waals surface area contributed by atoms with Crippen LogP contribution in [-0.4, -0.2) is 35.5 Å². The summed E-state index contributed by atoms with van der Waals surface area (Å²) in [6.45, 7) is 0.0860. The summed E-state index contributed by atoms with van der Waals surface area (Å²) in [5.41, 5.74) is 2.86. The quantitative estimate of drug-likeness (QED) is 0.307. The smallest absolute Gasteiger partial charge is 0.319 e. The number of carboxylic acids is 1. The average Bonchev–Trinajstić information content (AvgIpc) is 2.86. The molecule has 0 saturated carbocycles. The van der Waals surface area contributed by atoms with E-state index in [1.807, 2.05) is 30.3 Å². The first-order chi connectivity index (χ1) is 16.9. The second-order valence-electron chi connectivity index (χ2n) is 7.66. The van der Waals surface area contributed by atoms with Gasteiger partial charge in [-0.05, 0) is 41.8 Å². The highest BCUT2D eigenvalue weighted by Crippen LogP contribution is 2.17. The van der Waals surface area contributed by atoms with Crippen molar-refractivity contribution < 1.29 is 24.3 Å². The van der Waals surface area contributed by atoms with Gasteiger partial charge in [0.2, 0.25) is 5.91 Å². The second-order valence-corrected chi connectivity index (χ2v) is 7.66. The van der Waals surface area contributed by atoms with E-state index >= 15 is 0 Å².